The second kappa shape index (κ2) is 11.5. The van der Waals surface area contributed by atoms with Crippen molar-refractivity contribution in [3.05, 3.63) is 51.5 Å². The number of hydrogen-bond acceptors (Lipinski definition) is 9. The van der Waals surface area contributed by atoms with Crippen LogP contribution in [-0.4, -0.2) is 55.8 Å². The number of amides is 1. The van der Waals surface area contributed by atoms with Crippen molar-refractivity contribution in [1.29, 1.82) is 0 Å². The van der Waals surface area contributed by atoms with Crippen LogP contribution >= 0.6 is 11.3 Å². The lowest BCUT2D eigenvalue weighted by Crippen LogP contribution is -2.24. The highest BCUT2D eigenvalue weighted by Crippen LogP contribution is 2.24. The first-order valence-corrected chi connectivity index (χ1v) is 10.9. The Morgan fingerprint density at radius 2 is 2.06 bits per heavy atom. The third-order valence-electron chi connectivity index (χ3n) is 4.51. The number of halogens is 5. The molecular weight excluding hydrogens is 501 g/mol. The van der Waals surface area contributed by atoms with Crippen molar-refractivity contribution in [3.8, 4) is 5.75 Å². The van der Waals surface area contributed by atoms with Crippen LogP contribution in [0.2, 0.25) is 0 Å². The number of carbonyl (C=O) groups is 1. The summed E-state index contributed by atoms with van der Waals surface area (Å²) in [6, 6.07) is 2.41. The molecule has 0 aliphatic rings. The number of aryl methyl sites for hydroxylation is 1. The highest BCUT2D eigenvalue weighted by Gasteiger charge is 2.31. The Kier molecular flexibility index (Phi) is 8.63. The molecule has 1 aromatic carbocycles. The van der Waals surface area contributed by atoms with E-state index in [4.69, 9.17) is 0 Å². The first kappa shape index (κ1) is 26.4. The van der Waals surface area contributed by atoms with Gasteiger partial charge in [-0.3, -0.25) is 10.1 Å². The van der Waals surface area contributed by atoms with Gasteiger partial charge in [-0.2, -0.15) is 0 Å². The van der Waals surface area contributed by atoms with Crippen molar-refractivity contribution >= 4 is 17.2 Å². The number of carbonyl (C=O) groups excluding carboxylic acids is 1. The van der Waals surface area contributed by atoms with Gasteiger partial charge < -0.3 is 15.2 Å². The van der Waals surface area contributed by atoms with Crippen molar-refractivity contribution < 1.29 is 36.6 Å². The number of rotatable bonds is 11. The number of alkyl halides is 4. The van der Waals surface area contributed by atoms with Crippen LogP contribution < -0.4 is 15.4 Å². The second-order valence-corrected chi connectivity index (χ2v) is 8.26. The molecule has 0 aliphatic heterocycles. The molecule has 2 unspecified atom stereocenters. The van der Waals surface area contributed by atoms with Crippen LogP contribution in [0, 0.1) is 5.82 Å². The maximum Gasteiger partial charge on any atom is 0.573 e. The van der Waals surface area contributed by atoms with E-state index >= 15 is 0 Å². The van der Waals surface area contributed by atoms with Gasteiger partial charge in [0.25, 0.3) is 5.91 Å². The molecular formula is C19H20F5N7O3S. The molecule has 2 heterocycles. The molecule has 3 N–H and O–H groups in total. The fourth-order valence-corrected chi connectivity index (χ4v) is 3.67. The van der Waals surface area contributed by atoms with Crippen molar-refractivity contribution in [1.82, 2.24) is 35.8 Å². The molecule has 16 heteroatoms. The minimum atomic E-state index is -4.94. The lowest BCUT2D eigenvalue weighted by molar-refractivity contribution is -0.274. The third-order valence-corrected chi connectivity index (χ3v) is 5.54. The van der Waals surface area contributed by atoms with Crippen molar-refractivity contribution in [2.24, 2.45) is 0 Å². The fourth-order valence-electron chi connectivity index (χ4n) is 2.82. The minimum absolute atomic E-state index is 0.0846. The van der Waals surface area contributed by atoms with Crippen LogP contribution in [0.3, 0.4) is 0 Å². The summed E-state index contributed by atoms with van der Waals surface area (Å²) in [5, 5.41) is 30.5. The van der Waals surface area contributed by atoms with E-state index < -0.39 is 42.8 Å². The van der Waals surface area contributed by atoms with Gasteiger partial charge in [-0.15, -0.1) is 28.5 Å². The Morgan fingerprint density at radius 3 is 2.77 bits per heavy atom. The highest BCUT2D eigenvalue weighted by atomic mass is 32.1. The molecule has 0 aliphatic carbocycles. The smallest absolute Gasteiger partial charge is 0.406 e. The van der Waals surface area contributed by atoms with Crippen LogP contribution in [0.25, 0.3) is 0 Å². The van der Waals surface area contributed by atoms with Gasteiger partial charge in [0, 0.05) is 18.5 Å². The molecule has 0 bridgehead atoms. The normalized spacial score (nSPS) is 13.5. The van der Waals surface area contributed by atoms with E-state index in [2.05, 4.69) is 35.9 Å². The lowest BCUT2D eigenvalue weighted by Gasteiger charge is -2.11. The van der Waals surface area contributed by atoms with E-state index in [0.29, 0.717) is 10.0 Å². The summed E-state index contributed by atoms with van der Waals surface area (Å²) in [4.78, 5) is 12.2. The number of nitrogens with one attached hydrogen (secondary N) is 2. The average molecular weight is 521 g/mol. The van der Waals surface area contributed by atoms with Gasteiger partial charge >= 0.3 is 6.36 Å². The third kappa shape index (κ3) is 7.90. The van der Waals surface area contributed by atoms with Gasteiger partial charge in [-0.05, 0) is 31.7 Å². The van der Waals surface area contributed by atoms with Crippen LogP contribution in [0.5, 0.6) is 5.75 Å². The molecule has 0 radical (unpaired) electrons. The second-order valence-electron chi connectivity index (χ2n) is 7.17. The van der Waals surface area contributed by atoms with Gasteiger partial charge in [-0.25, -0.2) is 13.5 Å². The van der Waals surface area contributed by atoms with Crippen LogP contribution in [0.1, 0.15) is 38.7 Å². The van der Waals surface area contributed by atoms with E-state index in [1.807, 2.05) is 0 Å². The molecule has 1 amide bonds. The number of nitrogens with zero attached hydrogens (tertiary/aromatic N) is 5. The first-order valence-electron chi connectivity index (χ1n) is 10.1. The molecule has 3 rings (SSSR count). The first-order chi connectivity index (χ1) is 16.5. The molecule has 35 heavy (non-hydrogen) atoms. The Balaban J connectivity index is 1.49. The lowest BCUT2D eigenvalue weighted by atomic mass is 10.2. The van der Waals surface area contributed by atoms with Gasteiger partial charge in [0.15, 0.2) is 16.9 Å². The van der Waals surface area contributed by atoms with Gasteiger partial charge in [0.2, 0.25) is 0 Å². The quantitative estimate of drug-likeness (QED) is 0.259. The molecule has 0 saturated heterocycles. The summed E-state index contributed by atoms with van der Waals surface area (Å²) >= 11 is 1.15. The van der Waals surface area contributed by atoms with Crippen LogP contribution in [-0.2, 0) is 19.5 Å². The number of aliphatic hydroxyl groups is 1. The Morgan fingerprint density at radius 1 is 1.29 bits per heavy atom. The minimum Gasteiger partial charge on any atom is -0.406 e. The largest absolute Gasteiger partial charge is 0.573 e. The maximum atomic E-state index is 14.4. The summed E-state index contributed by atoms with van der Waals surface area (Å²) in [5.74, 6) is -2.25. The Hall–Kier alpha value is -3.24. The van der Waals surface area contributed by atoms with E-state index in [1.165, 1.54) is 6.20 Å². The summed E-state index contributed by atoms with van der Waals surface area (Å²) in [6.07, 6.45) is -5.69. The summed E-state index contributed by atoms with van der Waals surface area (Å²) < 4.78 is 70.1. The van der Waals surface area contributed by atoms with Gasteiger partial charge in [-0.1, -0.05) is 16.6 Å². The summed E-state index contributed by atoms with van der Waals surface area (Å²) in [5.41, 5.74) is -0.423. The SMILES string of the molecule is CNC(O)c1nnc(CCC(F)Cn2cc(C(=O)NCc3cc(OC(F)(F)F)ccc3F)nn2)s1. The van der Waals surface area contributed by atoms with Crippen LogP contribution in [0.4, 0.5) is 22.0 Å². The topological polar surface area (TPSA) is 127 Å². The van der Waals surface area contributed by atoms with E-state index in [0.717, 1.165) is 34.2 Å². The van der Waals surface area contributed by atoms with Crippen molar-refractivity contribution in [2.75, 3.05) is 7.05 Å². The summed E-state index contributed by atoms with van der Waals surface area (Å²) in [7, 11) is 1.55. The van der Waals surface area contributed by atoms with E-state index in [1.54, 1.807) is 7.05 Å². The predicted molar refractivity (Wildman–Crippen MR) is 111 cm³/mol. The number of aromatic nitrogens is 5. The van der Waals surface area contributed by atoms with Gasteiger partial charge in [0.05, 0.1) is 12.7 Å². The van der Waals surface area contributed by atoms with Crippen LogP contribution in [0.15, 0.2) is 24.4 Å². The number of aliphatic hydroxyl groups excluding tert-OH is 1. The van der Waals surface area contributed by atoms with Crippen molar-refractivity contribution in [3.63, 3.8) is 0 Å². The number of hydrogen-bond donors (Lipinski definition) is 3. The van der Waals surface area contributed by atoms with E-state index in [9.17, 15) is 31.9 Å². The number of benzene rings is 1. The predicted octanol–water partition coefficient (Wildman–Crippen LogP) is 2.28. The Bertz CT molecular complexity index is 1140. The molecule has 2 atom stereocenters. The molecule has 0 spiro atoms. The van der Waals surface area contributed by atoms with E-state index in [-0.39, 0.29) is 30.6 Å². The zero-order valence-electron chi connectivity index (χ0n) is 18.1. The maximum absolute atomic E-state index is 14.4. The summed E-state index contributed by atoms with van der Waals surface area (Å²) in [6.45, 7) is -0.638. The molecule has 3 aromatic rings. The fraction of sp³-hybridized carbons (Fsp3) is 0.421. The standard InChI is InChI=1S/C19H20F5N7O3S/c1-25-17(33)18-29-28-15(35-18)5-2-11(20)8-31-9-14(27-30-31)16(32)26-7-10-6-12(3-4-13(10)21)34-19(22,23)24/h3-4,6,9,11,17,25,33H,2,5,7-8H2,1H3,(H,26,32). The molecule has 2 aromatic heterocycles. The zero-order chi connectivity index (χ0) is 25.6. The molecule has 0 saturated carbocycles. The average Bonchev–Trinajstić information content (AvgIpc) is 3.46. The monoisotopic (exact) mass is 521 g/mol. The molecule has 190 valence electrons. The van der Waals surface area contributed by atoms with Crippen molar-refractivity contribution in [2.45, 2.75) is 44.7 Å². The number of ether oxygens (including phenoxy) is 1. The Labute approximate surface area is 199 Å². The molecule has 0 fully saturated rings. The highest BCUT2D eigenvalue weighted by molar-refractivity contribution is 7.11. The molecule has 10 nitrogen and oxygen atoms in total. The van der Waals surface area contributed by atoms with Gasteiger partial charge in [0.1, 0.15) is 22.7 Å². The zero-order valence-corrected chi connectivity index (χ0v) is 18.9.